The zero-order valence-electron chi connectivity index (χ0n) is 15.8. The zero-order valence-corrected chi connectivity index (χ0v) is 17.4. The highest BCUT2D eigenvalue weighted by atomic mass is 32.2. The first-order chi connectivity index (χ1) is 14.4. The van der Waals surface area contributed by atoms with Gasteiger partial charge in [0.25, 0.3) is 10.0 Å². The van der Waals surface area contributed by atoms with Crippen molar-refractivity contribution in [3.63, 3.8) is 0 Å². The lowest BCUT2D eigenvalue weighted by Gasteiger charge is -2.15. The first-order valence-corrected chi connectivity index (χ1v) is 11.5. The summed E-state index contributed by atoms with van der Waals surface area (Å²) in [5, 5.41) is 0. The van der Waals surface area contributed by atoms with E-state index in [1.165, 1.54) is 36.0 Å². The van der Waals surface area contributed by atoms with Crippen LogP contribution < -0.4 is 9.62 Å². The Hall–Kier alpha value is -3.10. The number of nitrogens with zero attached hydrogens (tertiary/aromatic N) is 1. The number of imide groups is 1. The predicted octanol–water partition coefficient (Wildman–Crippen LogP) is 4.29. The monoisotopic (exact) mass is 438 g/mol. The van der Waals surface area contributed by atoms with Crippen LogP contribution in [-0.4, -0.2) is 20.2 Å². The van der Waals surface area contributed by atoms with Gasteiger partial charge >= 0.3 is 0 Å². The van der Waals surface area contributed by atoms with Gasteiger partial charge in [-0.15, -0.1) is 0 Å². The molecule has 1 saturated heterocycles. The van der Waals surface area contributed by atoms with Crippen LogP contribution in [0.2, 0.25) is 0 Å². The Labute approximate surface area is 179 Å². The SMILES string of the molecule is O=C1CCC(=O)N1c1ccc(S(=O)(=O)Nc2ccccc2Sc2ccccc2)cc1. The van der Waals surface area contributed by atoms with Gasteiger partial charge in [-0.2, -0.15) is 0 Å². The van der Waals surface area contributed by atoms with Crippen molar-refractivity contribution in [3.8, 4) is 0 Å². The van der Waals surface area contributed by atoms with Crippen LogP contribution >= 0.6 is 11.8 Å². The highest BCUT2D eigenvalue weighted by Gasteiger charge is 2.30. The first kappa shape index (κ1) is 20.2. The standard InChI is InChI=1S/C22H18N2O4S2/c25-21-14-15-22(26)24(21)16-10-12-18(13-11-16)30(27,28)23-19-8-4-5-9-20(19)29-17-6-2-1-3-7-17/h1-13,23H,14-15H2. The quantitative estimate of drug-likeness (QED) is 0.581. The first-order valence-electron chi connectivity index (χ1n) is 9.25. The van der Waals surface area contributed by atoms with E-state index in [4.69, 9.17) is 0 Å². The van der Waals surface area contributed by atoms with Crippen LogP contribution in [-0.2, 0) is 19.6 Å². The minimum atomic E-state index is -3.85. The molecule has 8 heteroatoms. The van der Waals surface area contributed by atoms with Crippen LogP contribution in [0.3, 0.4) is 0 Å². The van der Waals surface area contributed by atoms with Gasteiger partial charge in [-0.25, -0.2) is 8.42 Å². The van der Waals surface area contributed by atoms with Crippen molar-refractivity contribution >= 4 is 45.0 Å². The second-order valence-electron chi connectivity index (χ2n) is 6.63. The Morgan fingerprint density at radius 3 is 2.03 bits per heavy atom. The molecule has 2 amide bonds. The van der Waals surface area contributed by atoms with E-state index in [1.807, 2.05) is 42.5 Å². The largest absolute Gasteiger partial charge is 0.278 e. The molecule has 0 bridgehead atoms. The molecule has 0 atom stereocenters. The lowest BCUT2D eigenvalue weighted by Crippen LogP contribution is -2.28. The lowest BCUT2D eigenvalue weighted by atomic mass is 10.3. The average Bonchev–Trinajstić information content (AvgIpc) is 3.08. The van der Waals surface area contributed by atoms with E-state index in [0.29, 0.717) is 11.4 Å². The average molecular weight is 439 g/mol. The number of rotatable bonds is 6. The fourth-order valence-corrected chi connectivity index (χ4v) is 5.17. The van der Waals surface area contributed by atoms with Gasteiger partial charge in [0.1, 0.15) is 0 Å². The Kier molecular flexibility index (Phi) is 5.61. The summed E-state index contributed by atoms with van der Waals surface area (Å²) in [5.74, 6) is -0.554. The van der Waals surface area contributed by atoms with Crippen LogP contribution in [0, 0.1) is 0 Å². The van der Waals surface area contributed by atoms with Gasteiger partial charge in [0.15, 0.2) is 0 Å². The van der Waals surface area contributed by atoms with Gasteiger partial charge in [0, 0.05) is 22.6 Å². The van der Waals surface area contributed by atoms with E-state index in [-0.39, 0.29) is 29.6 Å². The minimum absolute atomic E-state index is 0.0462. The van der Waals surface area contributed by atoms with Crippen molar-refractivity contribution in [1.29, 1.82) is 0 Å². The van der Waals surface area contributed by atoms with Crippen molar-refractivity contribution in [3.05, 3.63) is 78.9 Å². The number of anilines is 2. The highest BCUT2D eigenvalue weighted by molar-refractivity contribution is 7.99. The zero-order chi connectivity index (χ0) is 21.1. The predicted molar refractivity (Wildman–Crippen MR) is 116 cm³/mol. The number of amides is 2. The number of carbonyl (C=O) groups is 2. The molecule has 3 aromatic rings. The molecule has 0 aliphatic carbocycles. The van der Waals surface area contributed by atoms with Gasteiger partial charge < -0.3 is 0 Å². The summed E-state index contributed by atoms with van der Waals surface area (Å²) in [7, 11) is -3.85. The van der Waals surface area contributed by atoms with Crippen LogP contribution in [0.25, 0.3) is 0 Å². The summed E-state index contributed by atoms with van der Waals surface area (Å²) in [6, 6.07) is 22.6. The lowest BCUT2D eigenvalue weighted by molar-refractivity contribution is -0.121. The summed E-state index contributed by atoms with van der Waals surface area (Å²) in [5.41, 5.74) is 0.849. The Morgan fingerprint density at radius 1 is 0.767 bits per heavy atom. The fourth-order valence-electron chi connectivity index (χ4n) is 3.10. The normalized spacial score (nSPS) is 14.2. The summed E-state index contributed by atoms with van der Waals surface area (Å²) in [6.07, 6.45) is 0.354. The van der Waals surface area contributed by atoms with Gasteiger partial charge in [-0.05, 0) is 48.5 Å². The molecule has 1 N–H and O–H groups in total. The number of benzene rings is 3. The minimum Gasteiger partial charge on any atom is -0.278 e. The van der Waals surface area contributed by atoms with E-state index in [9.17, 15) is 18.0 Å². The topological polar surface area (TPSA) is 83.6 Å². The molecule has 4 rings (SSSR count). The number of para-hydroxylation sites is 1. The smallest absolute Gasteiger partial charge is 0.261 e. The van der Waals surface area contributed by atoms with E-state index in [2.05, 4.69) is 4.72 Å². The molecule has 1 aliphatic heterocycles. The third-order valence-corrected chi connectivity index (χ3v) is 7.02. The third kappa shape index (κ3) is 4.24. The summed E-state index contributed by atoms with van der Waals surface area (Å²) in [4.78, 5) is 26.6. The molecule has 0 aromatic heterocycles. The second-order valence-corrected chi connectivity index (χ2v) is 9.43. The molecule has 6 nitrogen and oxygen atoms in total. The molecule has 0 radical (unpaired) electrons. The molecule has 30 heavy (non-hydrogen) atoms. The molecule has 1 fully saturated rings. The molecule has 1 heterocycles. The molecular formula is C22H18N2O4S2. The van der Waals surface area contributed by atoms with Crippen molar-refractivity contribution in [2.24, 2.45) is 0 Å². The second kappa shape index (κ2) is 8.33. The summed E-state index contributed by atoms with van der Waals surface area (Å²) < 4.78 is 28.4. The van der Waals surface area contributed by atoms with Gasteiger partial charge in [-0.3, -0.25) is 19.2 Å². The molecule has 1 aliphatic rings. The third-order valence-electron chi connectivity index (χ3n) is 4.56. The van der Waals surface area contributed by atoms with Crippen molar-refractivity contribution in [2.45, 2.75) is 27.5 Å². The fraction of sp³-hybridized carbons (Fsp3) is 0.0909. The summed E-state index contributed by atoms with van der Waals surface area (Å²) in [6.45, 7) is 0. The number of hydrogen-bond donors (Lipinski definition) is 1. The van der Waals surface area contributed by atoms with Crippen LogP contribution in [0.1, 0.15) is 12.8 Å². The van der Waals surface area contributed by atoms with Crippen LogP contribution in [0.5, 0.6) is 0 Å². The van der Waals surface area contributed by atoms with Crippen molar-refractivity contribution in [1.82, 2.24) is 0 Å². The number of hydrogen-bond acceptors (Lipinski definition) is 5. The highest BCUT2D eigenvalue weighted by Crippen LogP contribution is 2.34. The molecular weight excluding hydrogens is 420 g/mol. The summed E-state index contributed by atoms with van der Waals surface area (Å²) >= 11 is 1.46. The number of nitrogens with one attached hydrogen (secondary N) is 1. The van der Waals surface area contributed by atoms with Crippen molar-refractivity contribution in [2.75, 3.05) is 9.62 Å². The molecule has 152 valence electrons. The van der Waals surface area contributed by atoms with Crippen molar-refractivity contribution < 1.29 is 18.0 Å². The van der Waals surface area contributed by atoms with Gasteiger partial charge in [-0.1, -0.05) is 42.1 Å². The number of sulfonamides is 1. The van der Waals surface area contributed by atoms with Crippen LogP contribution in [0.4, 0.5) is 11.4 Å². The van der Waals surface area contributed by atoms with E-state index in [0.717, 1.165) is 14.7 Å². The van der Waals surface area contributed by atoms with Crippen LogP contribution in [0.15, 0.2) is 93.5 Å². The Morgan fingerprint density at radius 2 is 1.37 bits per heavy atom. The number of carbonyl (C=O) groups excluding carboxylic acids is 2. The molecule has 0 unspecified atom stereocenters. The molecule has 0 spiro atoms. The Balaban J connectivity index is 1.57. The van der Waals surface area contributed by atoms with Gasteiger partial charge in [0.2, 0.25) is 11.8 Å². The molecule has 3 aromatic carbocycles. The maximum Gasteiger partial charge on any atom is 0.261 e. The van der Waals surface area contributed by atoms with E-state index < -0.39 is 10.0 Å². The maximum absolute atomic E-state index is 12.9. The Bertz CT molecular complexity index is 1180. The van der Waals surface area contributed by atoms with Gasteiger partial charge in [0.05, 0.1) is 16.3 Å². The molecule has 0 saturated carbocycles. The van der Waals surface area contributed by atoms with E-state index >= 15 is 0 Å². The maximum atomic E-state index is 12.9. The van der Waals surface area contributed by atoms with E-state index in [1.54, 1.807) is 12.1 Å².